The van der Waals surface area contributed by atoms with Crippen molar-refractivity contribution in [1.29, 1.82) is 0 Å². The van der Waals surface area contributed by atoms with E-state index in [1.54, 1.807) is 61.5 Å². The summed E-state index contributed by atoms with van der Waals surface area (Å²) in [5.74, 6) is 2.17. The van der Waals surface area contributed by atoms with E-state index in [1.165, 1.54) is 0 Å². The zero-order valence-corrected chi connectivity index (χ0v) is 19.3. The molecule has 7 nitrogen and oxygen atoms in total. The van der Waals surface area contributed by atoms with Gasteiger partial charge in [-0.1, -0.05) is 26.0 Å². The number of nitrogens with zero attached hydrogens (tertiary/aromatic N) is 2. The van der Waals surface area contributed by atoms with Crippen LogP contribution >= 0.6 is 0 Å². The van der Waals surface area contributed by atoms with Crippen LogP contribution in [-0.4, -0.2) is 32.2 Å². The van der Waals surface area contributed by atoms with Crippen LogP contribution < -0.4 is 14.2 Å². The van der Waals surface area contributed by atoms with E-state index in [2.05, 4.69) is 23.6 Å². The highest BCUT2D eigenvalue weighted by Gasteiger charge is 2.27. The number of hydrogen-bond donors (Lipinski definition) is 1. The number of imidazole rings is 1. The van der Waals surface area contributed by atoms with Gasteiger partial charge in [0.1, 0.15) is 23.4 Å². The molecule has 1 atom stereocenters. The van der Waals surface area contributed by atoms with E-state index in [4.69, 9.17) is 9.47 Å². The van der Waals surface area contributed by atoms with Gasteiger partial charge >= 0.3 is 0 Å². The Labute approximate surface area is 184 Å². The largest absolute Gasteiger partial charge is 0.497 e. The Morgan fingerprint density at radius 3 is 2.13 bits per heavy atom. The van der Waals surface area contributed by atoms with E-state index < -0.39 is 16.1 Å². The van der Waals surface area contributed by atoms with Gasteiger partial charge in [-0.2, -0.15) is 4.72 Å². The quantitative estimate of drug-likeness (QED) is 0.545. The molecule has 1 aromatic heterocycles. The lowest BCUT2D eigenvalue weighted by Crippen LogP contribution is -2.31. The minimum atomic E-state index is -3.82. The van der Waals surface area contributed by atoms with Gasteiger partial charge in [0.2, 0.25) is 10.0 Å². The standard InChI is InChI=1S/C23H29N3O4S/c1-16(2)12-17-6-8-21(9-7-17)31(27,28)25-22(23-24-10-11-26(23)3)18-13-19(29-4)15-20(14-18)30-5/h6-11,13-16,22,25H,12H2,1-5H3. The SMILES string of the molecule is COc1cc(OC)cc(C(NS(=O)(=O)c2ccc(CC(C)C)cc2)c2nccn2C)c1. The Hall–Kier alpha value is -2.84. The molecule has 0 amide bonds. The number of sulfonamides is 1. The van der Waals surface area contributed by atoms with E-state index in [0.29, 0.717) is 28.8 Å². The van der Waals surface area contributed by atoms with Crippen LogP contribution in [0.25, 0.3) is 0 Å². The normalized spacial score (nSPS) is 12.7. The van der Waals surface area contributed by atoms with Crippen molar-refractivity contribution < 1.29 is 17.9 Å². The Bertz CT molecular complexity index is 1100. The van der Waals surface area contributed by atoms with Crippen LogP contribution in [0.1, 0.15) is 36.8 Å². The van der Waals surface area contributed by atoms with Gasteiger partial charge in [0, 0.05) is 25.5 Å². The van der Waals surface area contributed by atoms with E-state index in [0.717, 1.165) is 12.0 Å². The fourth-order valence-electron chi connectivity index (χ4n) is 3.42. The minimum Gasteiger partial charge on any atom is -0.497 e. The lowest BCUT2D eigenvalue weighted by molar-refractivity contribution is 0.392. The van der Waals surface area contributed by atoms with Crippen LogP contribution in [0.2, 0.25) is 0 Å². The maximum Gasteiger partial charge on any atom is 0.241 e. The molecule has 1 N–H and O–H groups in total. The molecule has 166 valence electrons. The van der Waals surface area contributed by atoms with Crippen LogP contribution in [0.3, 0.4) is 0 Å². The molecule has 0 aliphatic heterocycles. The second-order valence-electron chi connectivity index (χ2n) is 7.84. The summed E-state index contributed by atoms with van der Waals surface area (Å²) in [5, 5.41) is 0. The lowest BCUT2D eigenvalue weighted by atomic mass is 10.0. The summed E-state index contributed by atoms with van der Waals surface area (Å²) in [6.07, 6.45) is 4.30. The predicted molar refractivity (Wildman–Crippen MR) is 120 cm³/mol. The zero-order valence-electron chi connectivity index (χ0n) is 18.5. The lowest BCUT2D eigenvalue weighted by Gasteiger charge is -2.20. The summed E-state index contributed by atoms with van der Waals surface area (Å²) in [7, 11) is 1.11. The van der Waals surface area contributed by atoms with Crippen molar-refractivity contribution in [2.75, 3.05) is 14.2 Å². The number of benzene rings is 2. The van der Waals surface area contributed by atoms with Crippen molar-refractivity contribution in [2.45, 2.75) is 31.2 Å². The first-order valence-electron chi connectivity index (χ1n) is 10.0. The second kappa shape index (κ2) is 9.53. The Morgan fingerprint density at radius 2 is 1.65 bits per heavy atom. The van der Waals surface area contributed by atoms with E-state index in [9.17, 15) is 8.42 Å². The molecule has 0 saturated heterocycles. The first kappa shape index (κ1) is 22.8. The third-order valence-electron chi connectivity index (χ3n) is 4.97. The fourth-order valence-corrected chi connectivity index (χ4v) is 4.60. The molecule has 3 aromatic rings. The first-order valence-corrected chi connectivity index (χ1v) is 11.5. The topological polar surface area (TPSA) is 82.4 Å². The van der Waals surface area contributed by atoms with Crippen LogP contribution in [0.5, 0.6) is 11.5 Å². The predicted octanol–water partition coefficient (Wildman–Crippen LogP) is 3.70. The maximum absolute atomic E-state index is 13.3. The van der Waals surface area contributed by atoms with Crippen molar-refractivity contribution in [2.24, 2.45) is 13.0 Å². The summed E-state index contributed by atoms with van der Waals surface area (Å²) in [6.45, 7) is 4.26. The summed E-state index contributed by atoms with van der Waals surface area (Å²) in [6, 6.07) is 11.6. The number of aryl methyl sites for hydroxylation is 1. The molecule has 0 radical (unpaired) electrons. The van der Waals surface area contributed by atoms with Gasteiger partial charge in [0.15, 0.2) is 0 Å². The molecule has 1 heterocycles. The van der Waals surface area contributed by atoms with E-state index in [-0.39, 0.29) is 4.90 Å². The number of hydrogen-bond acceptors (Lipinski definition) is 5. The van der Waals surface area contributed by atoms with Crippen molar-refractivity contribution in [3.05, 3.63) is 71.8 Å². The molecular formula is C23H29N3O4S. The molecule has 0 fully saturated rings. The average molecular weight is 444 g/mol. The number of aromatic nitrogens is 2. The molecule has 8 heteroatoms. The molecule has 1 unspecified atom stereocenters. The van der Waals surface area contributed by atoms with Crippen molar-refractivity contribution in [3.8, 4) is 11.5 Å². The first-order chi connectivity index (χ1) is 14.7. The Morgan fingerprint density at radius 1 is 1.03 bits per heavy atom. The number of nitrogens with one attached hydrogen (secondary N) is 1. The molecule has 0 bridgehead atoms. The Kier molecular flexibility index (Phi) is 7.02. The smallest absolute Gasteiger partial charge is 0.241 e. The highest BCUT2D eigenvalue weighted by atomic mass is 32.2. The molecule has 2 aromatic carbocycles. The molecular weight excluding hydrogens is 414 g/mol. The fraction of sp³-hybridized carbons (Fsp3) is 0.348. The maximum atomic E-state index is 13.3. The molecule has 0 aliphatic carbocycles. The molecule has 3 rings (SSSR count). The summed E-state index contributed by atoms with van der Waals surface area (Å²) in [4.78, 5) is 4.59. The van der Waals surface area contributed by atoms with Gasteiger partial charge in [0.05, 0.1) is 19.1 Å². The minimum absolute atomic E-state index is 0.203. The van der Waals surface area contributed by atoms with Gasteiger partial charge in [0.25, 0.3) is 0 Å². The number of rotatable bonds is 9. The van der Waals surface area contributed by atoms with Gasteiger partial charge in [-0.05, 0) is 47.7 Å². The Balaban J connectivity index is 2.01. The van der Waals surface area contributed by atoms with Gasteiger partial charge in [-0.15, -0.1) is 0 Å². The molecule has 0 aliphatic rings. The summed E-state index contributed by atoms with van der Waals surface area (Å²) >= 11 is 0. The molecule has 0 saturated carbocycles. The van der Waals surface area contributed by atoms with Crippen LogP contribution in [0, 0.1) is 5.92 Å². The molecule has 31 heavy (non-hydrogen) atoms. The van der Waals surface area contributed by atoms with Gasteiger partial charge in [-0.25, -0.2) is 13.4 Å². The van der Waals surface area contributed by atoms with Crippen LogP contribution in [0.4, 0.5) is 0 Å². The highest BCUT2D eigenvalue weighted by Crippen LogP contribution is 2.30. The van der Waals surface area contributed by atoms with Crippen molar-refractivity contribution in [1.82, 2.24) is 14.3 Å². The van der Waals surface area contributed by atoms with Crippen LogP contribution in [0.15, 0.2) is 59.8 Å². The van der Waals surface area contributed by atoms with Gasteiger partial charge in [-0.3, -0.25) is 0 Å². The summed E-state index contributed by atoms with van der Waals surface area (Å²) < 4.78 is 41.8. The van der Waals surface area contributed by atoms with E-state index >= 15 is 0 Å². The third-order valence-corrected chi connectivity index (χ3v) is 6.41. The number of ether oxygens (including phenoxy) is 2. The highest BCUT2D eigenvalue weighted by molar-refractivity contribution is 7.89. The molecule has 0 spiro atoms. The third kappa shape index (κ3) is 5.45. The van der Waals surface area contributed by atoms with Crippen LogP contribution in [-0.2, 0) is 23.5 Å². The summed E-state index contributed by atoms with van der Waals surface area (Å²) in [5.41, 5.74) is 1.76. The van der Waals surface area contributed by atoms with Crippen molar-refractivity contribution in [3.63, 3.8) is 0 Å². The second-order valence-corrected chi connectivity index (χ2v) is 9.55. The number of methoxy groups -OCH3 is 2. The van der Waals surface area contributed by atoms with E-state index in [1.807, 2.05) is 19.2 Å². The monoisotopic (exact) mass is 443 g/mol. The van der Waals surface area contributed by atoms with Gasteiger partial charge < -0.3 is 14.0 Å². The van der Waals surface area contributed by atoms with Crippen molar-refractivity contribution >= 4 is 10.0 Å². The average Bonchev–Trinajstić information content (AvgIpc) is 3.17. The zero-order chi connectivity index (χ0) is 22.6.